The van der Waals surface area contributed by atoms with Crippen LogP contribution >= 0.6 is 0 Å². The number of sulfone groups is 1. The van der Waals surface area contributed by atoms with Crippen LogP contribution in [0.3, 0.4) is 0 Å². The largest absolute Gasteiger partial charge is 0.309 e. The van der Waals surface area contributed by atoms with Crippen molar-refractivity contribution in [2.45, 2.75) is 64.3 Å². The highest BCUT2D eigenvalue weighted by molar-refractivity contribution is 7.92. The fraction of sp³-hybridized carbons (Fsp3) is 1.00. The lowest BCUT2D eigenvalue weighted by molar-refractivity contribution is 0.0296. The van der Waals surface area contributed by atoms with E-state index in [1.54, 1.807) is 13.8 Å². The molecule has 0 radical (unpaired) electrons. The van der Waals surface area contributed by atoms with Gasteiger partial charge in [-0.25, -0.2) is 8.42 Å². The minimum atomic E-state index is -2.96. The molecule has 5 heteroatoms. The van der Waals surface area contributed by atoms with E-state index in [4.69, 9.17) is 0 Å². The Bertz CT molecular complexity index is 404. The van der Waals surface area contributed by atoms with Crippen LogP contribution in [0.15, 0.2) is 0 Å². The van der Waals surface area contributed by atoms with Crippen molar-refractivity contribution in [2.75, 3.05) is 25.4 Å². The van der Waals surface area contributed by atoms with Crippen molar-refractivity contribution < 1.29 is 8.42 Å². The second kappa shape index (κ2) is 5.70. The predicted molar refractivity (Wildman–Crippen MR) is 81.3 cm³/mol. The van der Waals surface area contributed by atoms with Crippen LogP contribution in [0, 0.1) is 0 Å². The van der Waals surface area contributed by atoms with Crippen LogP contribution in [0.4, 0.5) is 0 Å². The van der Waals surface area contributed by atoms with Gasteiger partial charge in [-0.3, -0.25) is 4.90 Å². The average molecular weight is 290 g/mol. The molecule has 1 saturated heterocycles. The molecular weight excluding hydrogens is 260 g/mol. The van der Waals surface area contributed by atoms with Crippen molar-refractivity contribution in [3.63, 3.8) is 0 Å². The van der Waals surface area contributed by atoms with Gasteiger partial charge < -0.3 is 5.32 Å². The van der Waals surface area contributed by atoms with Crippen molar-refractivity contribution in [3.05, 3.63) is 0 Å². The van der Waals surface area contributed by atoms with E-state index in [9.17, 15) is 8.42 Å². The van der Waals surface area contributed by atoms with Crippen LogP contribution in [-0.4, -0.2) is 55.0 Å². The van der Waals surface area contributed by atoms with E-state index in [1.165, 1.54) is 0 Å². The summed E-state index contributed by atoms with van der Waals surface area (Å²) in [6.07, 6.45) is 1.03. The molecule has 1 rings (SSSR count). The Morgan fingerprint density at radius 1 is 1.26 bits per heavy atom. The lowest BCUT2D eigenvalue weighted by atomic mass is 9.88. The van der Waals surface area contributed by atoms with Crippen LogP contribution in [0.5, 0.6) is 0 Å². The molecule has 4 nitrogen and oxygen atoms in total. The Kier molecular flexibility index (Phi) is 5.08. The van der Waals surface area contributed by atoms with Gasteiger partial charge in [-0.05, 0) is 41.0 Å². The molecule has 1 N–H and O–H groups in total. The number of hydrogen-bond donors (Lipinski definition) is 1. The minimum Gasteiger partial charge on any atom is -0.309 e. The van der Waals surface area contributed by atoms with E-state index in [1.807, 2.05) is 0 Å². The molecule has 1 unspecified atom stereocenters. The Morgan fingerprint density at radius 2 is 1.84 bits per heavy atom. The molecule has 0 aromatic heterocycles. The van der Waals surface area contributed by atoms with Crippen LogP contribution in [-0.2, 0) is 9.84 Å². The maximum Gasteiger partial charge on any atom is 0.153 e. The summed E-state index contributed by atoms with van der Waals surface area (Å²) in [6, 6.07) is 0. The van der Waals surface area contributed by atoms with E-state index in [0.717, 1.165) is 19.5 Å². The lowest BCUT2D eigenvalue weighted by Gasteiger charge is -2.51. The van der Waals surface area contributed by atoms with E-state index in [0.29, 0.717) is 6.54 Å². The zero-order valence-electron chi connectivity index (χ0n) is 13.3. The molecule has 0 aliphatic carbocycles. The van der Waals surface area contributed by atoms with E-state index >= 15 is 0 Å². The van der Waals surface area contributed by atoms with Crippen molar-refractivity contribution in [1.29, 1.82) is 0 Å². The molecule has 114 valence electrons. The van der Waals surface area contributed by atoms with Crippen molar-refractivity contribution >= 4 is 9.84 Å². The van der Waals surface area contributed by atoms with Crippen molar-refractivity contribution in [1.82, 2.24) is 10.2 Å². The molecule has 0 saturated carbocycles. The lowest BCUT2D eigenvalue weighted by Crippen LogP contribution is -2.67. The molecule has 1 heterocycles. The summed E-state index contributed by atoms with van der Waals surface area (Å²) in [5.41, 5.74) is 0.109. The van der Waals surface area contributed by atoms with Crippen molar-refractivity contribution in [3.8, 4) is 0 Å². The van der Waals surface area contributed by atoms with Crippen LogP contribution < -0.4 is 5.32 Å². The number of nitrogens with one attached hydrogen (secondary N) is 1. The summed E-state index contributed by atoms with van der Waals surface area (Å²) in [4.78, 5) is 2.35. The smallest absolute Gasteiger partial charge is 0.153 e. The molecule has 1 aliphatic rings. The van der Waals surface area contributed by atoms with Gasteiger partial charge in [-0.2, -0.15) is 0 Å². The molecule has 1 fully saturated rings. The summed E-state index contributed by atoms with van der Waals surface area (Å²) in [6.45, 7) is 14.7. The van der Waals surface area contributed by atoms with Gasteiger partial charge in [0, 0.05) is 30.7 Å². The number of piperazine rings is 1. The van der Waals surface area contributed by atoms with Crippen LogP contribution in [0.25, 0.3) is 0 Å². The molecule has 0 bridgehead atoms. The maximum atomic E-state index is 12.0. The number of hydrogen-bond acceptors (Lipinski definition) is 4. The Morgan fingerprint density at radius 3 is 2.32 bits per heavy atom. The Labute approximate surface area is 118 Å². The highest BCUT2D eigenvalue weighted by Crippen LogP contribution is 2.26. The third-order valence-corrected chi connectivity index (χ3v) is 6.61. The van der Waals surface area contributed by atoms with Gasteiger partial charge in [-0.15, -0.1) is 0 Å². The van der Waals surface area contributed by atoms with Gasteiger partial charge in [0.15, 0.2) is 9.84 Å². The molecule has 0 aromatic carbocycles. The van der Waals surface area contributed by atoms with E-state index in [-0.39, 0.29) is 22.1 Å². The fourth-order valence-electron chi connectivity index (χ4n) is 2.44. The molecule has 1 atom stereocenters. The first kappa shape index (κ1) is 16.9. The minimum absolute atomic E-state index is 0.0519. The summed E-state index contributed by atoms with van der Waals surface area (Å²) >= 11 is 0. The van der Waals surface area contributed by atoms with E-state index in [2.05, 4.69) is 37.9 Å². The third kappa shape index (κ3) is 4.17. The standard InChI is InChI=1S/C14H30N2O2S/c1-7-14(6)10-15-13(4,5)11-16(14)8-9-19(17,18)12(2)3/h12,15H,7-11H2,1-6H3. The van der Waals surface area contributed by atoms with Gasteiger partial charge in [-0.1, -0.05) is 6.92 Å². The number of nitrogens with zero attached hydrogens (tertiary/aromatic N) is 1. The monoisotopic (exact) mass is 290 g/mol. The average Bonchev–Trinajstić information content (AvgIpc) is 2.30. The zero-order valence-corrected chi connectivity index (χ0v) is 14.1. The molecule has 0 aromatic rings. The molecular formula is C14H30N2O2S. The second-order valence-corrected chi connectivity index (χ2v) is 9.60. The zero-order chi connectivity index (χ0) is 14.9. The fourth-order valence-corrected chi connectivity index (χ4v) is 3.38. The highest BCUT2D eigenvalue weighted by Gasteiger charge is 2.39. The normalized spacial score (nSPS) is 28.8. The Balaban J connectivity index is 2.77. The predicted octanol–water partition coefficient (Wildman–Crippen LogP) is 1.66. The first-order valence-corrected chi connectivity index (χ1v) is 8.96. The van der Waals surface area contributed by atoms with Gasteiger partial charge in [0.05, 0.1) is 11.0 Å². The Hall–Kier alpha value is -0.130. The topological polar surface area (TPSA) is 49.4 Å². The summed E-state index contributed by atoms with van der Waals surface area (Å²) in [7, 11) is -2.96. The quantitative estimate of drug-likeness (QED) is 0.836. The van der Waals surface area contributed by atoms with Crippen LogP contribution in [0.2, 0.25) is 0 Å². The summed E-state index contributed by atoms with van der Waals surface area (Å²) < 4.78 is 24.0. The maximum absolute atomic E-state index is 12.0. The summed E-state index contributed by atoms with van der Waals surface area (Å²) in [5.74, 6) is 0.260. The van der Waals surface area contributed by atoms with Gasteiger partial charge in [0.1, 0.15) is 0 Å². The van der Waals surface area contributed by atoms with E-state index < -0.39 is 9.84 Å². The van der Waals surface area contributed by atoms with Gasteiger partial charge >= 0.3 is 0 Å². The second-order valence-electron chi connectivity index (χ2n) is 6.93. The molecule has 1 aliphatic heterocycles. The van der Waals surface area contributed by atoms with Crippen molar-refractivity contribution in [2.24, 2.45) is 0 Å². The SMILES string of the molecule is CCC1(C)CNC(C)(C)CN1CCS(=O)(=O)C(C)C. The molecule has 0 amide bonds. The third-order valence-electron chi connectivity index (χ3n) is 4.42. The molecule has 19 heavy (non-hydrogen) atoms. The highest BCUT2D eigenvalue weighted by atomic mass is 32.2. The first-order chi connectivity index (χ1) is 8.52. The molecule has 0 spiro atoms. The summed E-state index contributed by atoms with van der Waals surface area (Å²) in [5, 5.41) is 3.28. The van der Waals surface area contributed by atoms with Crippen LogP contribution in [0.1, 0.15) is 48.0 Å². The first-order valence-electron chi connectivity index (χ1n) is 7.24. The van der Waals surface area contributed by atoms with Gasteiger partial charge in [0.2, 0.25) is 0 Å². The number of rotatable bonds is 5. The van der Waals surface area contributed by atoms with Gasteiger partial charge in [0.25, 0.3) is 0 Å².